The summed E-state index contributed by atoms with van der Waals surface area (Å²) in [6, 6.07) is 10.2. The summed E-state index contributed by atoms with van der Waals surface area (Å²) in [4.78, 5) is 0. The fraction of sp³-hybridized carbons (Fsp3) is 0.333. The van der Waals surface area contributed by atoms with Gasteiger partial charge in [-0.2, -0.15) is 0 Å². The van der Waals surface area contributed by atoms with Crippen LogP contribution in [0.4, 0.5) is 0 Å². The molecular weight excluding hydrogens is 304 g/mol. The van der Waals surface area contributed by atoms with E-state index in [-0.39, 0.29) is 6.04 Å². The number of hydrogen-bond donors (Lipinski definition) is 1. The minimum Gasteiger partial charge on any atom is -0.492 e. The van der Waals surface area contributed by atoms with Crippen LogP contribution in [-0.2, 0) is 13.0 Å². The summed E-state index contributed by atoms with van der Waals surface area (Å²) in [7, 11) is 0. The van der Waals surface area contributed by atoms with Gasteiger partial charge >= 0.3 is 0 Å². The number of hydrogen-bond acceptors (Lipinski definition) is 2. The topological polar surface area (TPSA) is 40.2 Å². The monoisotopic (exact) mass is 322 g/mol. The lowest BCUT2D eigenvalue weighted by atomic mass is 10.1. The van der Waals surface area contributed by atoms with E-state index < -0.39 is 0 Å². The molecule has 0 amide bonds. The van der Waals surface area contributed by atoms with Gasteiger partial charge in [-0.3, -0.25) is 0 Å². The van der Waals surface area contributed by atoms with Crippen molar-refractivity contribution in [2.75, 3.05) is 6.61 Å². The molecule has 0 saturated carbocycles. The van der Waals surface area contributed by atoms with E-state index in [1.165, 1.54) is 5.56 Å². The molecule has 0 aliphatic carbocycles. The van der Waals surface area contributed by atoms with Crippen molar-refractivity contribution in [2.24, 2.45) is 5.73 Å². The molecule has 2 N–H and O–H groups in total. The van der Waals surface area contributed by atoms with E-state index in [4.69, 9.17) is 10.5 Å². The molecule has 2 rings (SSSR count). The van der Waals surface area contributed by atoms with E-state index in [2.05, 4.69) is 39.0 Å². The first-order valence-corrected chi connectivity index (χ1v) is 7.21. The standard InChI is InChI=1S/C15H19BrN2O/c1-12(17)9-13-5-6-18(11-13)7-8-19-15-4-2-3-14(16)10-15/h2-6,10-12H,7-9,17H2,1H3. The van der Waals surface area contributed by atoms with Crippen molar-refractivity contribution in [3.05, 3.63) is 52.8 Å². The van der Waals surface area contributed by atoms with Crippen LogP contribution >= 0.6 is 15.9 Å². The Labute approximate surface area is 122 Å². The smallest absolute Gasteiger partial charge is 0.120 e. The number of halogens is 1. The van der Waals surface area contributed by atoms with Crippen LogP contribution in [-0.4, -0.2) is 17.2 Å². The molecule has 3 nitrogen and oxygen atoms in total. The molecule has 19 heavy (non-hydrogen) atoms. The molecule has 0 aliphatic rings. The van der Waals surface area contributed by atoms with Crippen LogP contribution in [0.3, 0.4) is 0 Å². The maximum Gasteiger partial charge on any atom is 0.120 e. The maximum absolute atomic E-state index is 5.79. The minimum absolute atomic E-state index is 0.203. The molecule has 0 saturated heterocycles. The van der Waals surface area contributed by atoms with Crippen molar-refractivity contribution in [3.63, 3.8) is 0 Å². The zero-order valence-electron chi connectivity index (χ0n) is 11.1. The predicted octanol–water partition coefficient (Wildman–Crippen LogP) is 3.22. The summed E-state index contributed by atoms with van der Waals surface area (Å²) in [6.45, 7) is 3.52. The lowest BCUT2D eigenvalue weighted by Gasteiger charge is -2.07. The van der Waals surface area contributed by atoms with Crippen molar-refractivity contribution in [2.45, 2.75) is 25.9 Å². The van der Waals surface area contributed by atoms with Gasteiger partial charge < -0.3 is 15.0 Å². The van der Waals surface area contributed by atoms with Gasteiger partial charge in [-0.25, -0.2) is 0 Å². The summed E-state index contributed by atoms with van der Waals surface area (Å²) in [5, 5.41) is 0. The van der Waals surface area contributed by atoms with E-state index in [9.17, 15) is 0 Å². The molecule has 0 radical (unpaired) electrons. The van der Waals surface area contributed by atoms with Crippen molar-refractivity contribution in [1.82, 2.24) is 4.57 Å². The summed E-state index contributed by atoms with van der Waals surface area (Å²) in [5.74, 6) is 0.886. The Hall–Kier alpha value is -1.26. The highest BCUT2D eigenvalue weighted by Crippen LogP contribution is 2.17. The third-order valence-electron chi connectivity index (χ3n) is 2.78. The largest absolute Gasteiger partial charge is 0.492 e. The number of nitrogens with two attached hydrogens (primary N) is 1. The van der Waals surface area contributed by atoms with Crippen LogP contribution in [0.2, 0.25) is 0 Å². The second kappa shape index (κ2) is 6.78. The highest BCUT2D eigenvalue weighted by atomic mass is 79.9. The molecule has 0 fully saturated rings. The Morgan fingerprint density at radius 1 is 1.37 bits per heavy atom. The quantitative estimate of drug-likeness (QED) is 0.887. The molecular formula is C15H19BrN2O. The summed E-state index contributed by atoms with van der Waals surface area (Å²) >= 11 is 3.43. The molecule has 1 heterocycles. The van der Waals surface area contributed by atoms with E-state index in [1.807, 2.05) is 31.2 Å². The van der Waals surface area contributed by atoms with Gasteiger partial charge in [-0.15, -0.1) is 0 Å². The molecule has 1 atom stereocenters. The third-order valence-corrected chi connectivity index (χ3v) is 3.28. The highest BCUT2D eigenvalue weighted by Gasteiger charge is 2.01. The number of rotatable bonds is 6. The van der Waals surface area contributed by atoms with E-state index in [0.717, 1.165) is 23.2 Å². The van der Waals surface area contributed by atoms with Crippen LogP contribution in [0.1, 0.15) is 12.5 Å². The predicted molar refractivity (Wildman–Crippen MR) is 81.4 cm³/mol. The van der Waals surface area contributed by atoms with E-state index in [1.54, 1.807) is 0 Å². The SMILES string of the molecule is CC(N)Cc1ccn(CCOc2cccc(Br)c2)c1. The van der Waals surface area contributed by atoms with Crippen molar-refractivity contribution in [3.8, 4) is 5.75 Å². The minimum atomic E-state index is 0.203. The maximum atomic E-state index is 5.79. The van der Waals surface area contributed by atoms with Crippen LogP contribution in [0.25, 0.3) is 0 Å². The fourth-order valence-corrected chi connectivity index (χ4v) is 2.33. The van der Waals surface area contributed by atoms with Gasteiger partial charge in [0.15, 0.2) is 0 Å². The summed E-state index contributed by atoms with van der Waals surface area (Å²) in [6.07, 6.45) is 5.12. The summed E-state index contributed by atoms with van der Waals surface area (Å²) in [5.41, 5.74) is 7.06. The molecule has 4 heteroatoms. The Balaban J connectivity index is 1.81. The number of ether oxygens (including phenoxy) is 1. The first kappa shape index (κ1) is 14.2. The van der Waals surface area contributed by atoms with Gasteiger partial charge in [0.25, 0.3) is 0 Å². The average Bonchev–Trinajstić information content (AvgIpc) is 2.76. The molecule has 0 bridgehead atoms. The molecule has 102 valence electrons. The highest BCUT2D eigenvalue weighted by molar-refractivity contribution is 9.10. The van der Waals surface area contributed by atoms with Crippen molar-refractivity contribution in [1.29, 1.82) is 0 Å². The molecule has 1 aromatic heterocycles. The van der Waals surface area contributed by atoms with Gasteiger partial charge in [0.2, 0.25) is 0 Å². The van der Waals surface area contributed by atoms with E-state index in [0.29, 0.717) is 6.61 Å². The lowest BCUT2D eigenvalue weighted by molar-refractivity contribution is 0.298. The molecule has 2 aromatic rings. The van der Waals surface area contributed by atoms with Crippen LogP contribution in [0.5, 0.6) is 5.75 Å². The van der Waals surface area contributed by atoms with Gasteiger partial charge in [0, 0.05) is 22.9 Å². The Morgan fingerprint density at radius 2 is 2.21 bits per heavy atom. The van der Waals surface area contributed by atoms with E-state index >= 15 is 0 Å². The van der Waals surface area contributed by atoms with Crippen molar-refractivity contribution >= 4 is 15.9 Å². The second-order valence-electron chi connectivity index (χ2n) is 4.74. The fourth-order valence-electron chi connectivity index (χ4n) is 1.95. The van der Waals surface area contributed by atoms with Gasteiger partial charge in [0.05, 0.1) is 6.54 Å². The van der Waals surface area contributed by atoms with Crippen LogP contribution < -0.4 is 10.5 Å². The summed E-state index contributed by atoms with van der Waals surface area (Å²) < 4.78 is 8.87. The van der Waals surface area contributed by atoms with Gasteiger partial charge in [-0.1, -0.05) is 22.0 Å². The number of benzene rings is 1. The zero-order chi connectivity index (χ0) is 13.7. The van der Waals surface area contributed by atoms with Gasteiger partial charge in [-0.05, 0) is 43.2 Å². The van der Waals surface area contributed by atoms with Crippen molar-refractivity contribution < 1.29 is 4.74 Å². The molecule has 0 aliphatic heterocycles. The second-order valence-corrected chi connectivity index (χ2v) is 5.66. The Bertz CT molecular complexity index is 522. The average molecular weight is 323 g/mol. The molecule has 0 spiro atoms. The van der Waals surface area contributed by atoms with Gasteiger partial charge in [0.1, 0.15) is 12.4 Å². The van der Waals surface area contributed by atoms with Crippen LogP contribution in [0, 0.1) is 0 Å². The lowest BCUT2D eigenvalue weighted by Crippen LogP contribution is -2.17. The zero-order valence-corrected chi connectivity index (χ0v) is 12.6. The number of nitrogens with zero attached hydrogens (tertiary/aromatic N) is 1. The first-order chi connectivity index (χ1) is 9.13. The third kappa shape index (κ3) is 4.73. The molecule has 1 unspecified atom stereocenters. The molecule has 1 aromatic carbocycles. The Kier molecular flexibility index (Phi) is 5.05. The Morgan fingerprint density at radius 3 is 2.95 bits per heavy atom. The normalized spacial score (nSPS) is 12.4. The first-order valence-electron chi connectivity index (χ1n) is 6.42. The number of aromatic nitrogens is 1. The van der Waals surface area contributed by atoms with Crippen LogP contribution in [0.15, 0.2) is 47.2 Å².